The summed E-state index contributed by atoms with van der Waals surface area (Å²) in [6, 6.07) is -4.00. The molecule has 1 aromatic carbocycles. The zero-order valence-electron chi connectivity index (χ0n) is 22.1. The van der Waals surface area contributed by atoms with Gasteiger partial charge in [0, 0.05) is 25.2 Å². The highest BCUT2D eigenvalue weighted by atomic mass is 32.2. The average Bonchev–Trinajstić information content (AvgIpc) is 2.74. The van der Waals surface area contributed by atoms with E-state index in [2.05, 4.69) is 0 Å². The molecule has 7 nitrogen and oxygen atoms in total. The van der Waals surface area contributed by atoms with E-state index in [0.717, 1.165) is 0 Å². The zero-order chi connectivity index (χ0) is 33.3. The molecule has 0 fully saturated rings. The third-order valence-corrected chi connectivity index (χ3v) is 8.40. The summed E-state index contributed by atoms with van der Waals surface area (Å²) < 4.78 is 210. The molecule has 2 atom stereocenters. The monoisotopic (exact) mass is 677 g/mol. The Morgan fingerprint density at radius 1 is 0.667 bits per heavy atom. The van der Waals surface area contributed by atoms with Gasteiger partial charge in [0.2, 0.25) is 10.0 Å². The second kappa shape index (κ2) is 13.0. The minimum absolute atomic E-state index is 0.108. The number of rotatable bonds is 12. The maximum Gasteiger partial charge on any atom is 0.511 e. The fraction of sp³-hybridized carbons (Fsp3) is 0.714. The first-order valence-corrected chi connectivity index (χ1v) is 14.6. The summed E-state index contributed by atoms with van der Waals surface area (Å²) in [4.78, 5) is -1.14. The minimum Gasteiger partial charge on any atom is -0.292 e. The lowest BCUT2D eigenvalue weighted by atomic mass is 10.0. The summed E-state index contributed by atoms with van der Waals surface area (Å²) in [6.07, 6.45) is -15.9. The Labute approximate surface area is 233 Å². The van der Waals surface area contributed by atoms with Gasteiger partial charge in [0.05, 0.1) is 22.6 Å². The van der Waals surface area contributed by atoms with Gasteiger partial charge < -0.3 is 0 Å². The lowest BCUT2D eigenvalue weighted by Gasteiger charge is -2.34. The molecule has 1 aromatic rings. The molecule has 0 amide bonds. The molecule has 0 aliphatic heterocycles. The Hall–Kier alpha value is -1.84. The summed E-state index contributed by atoms with van der Waals surface area (Å²) >= 11 is 0. The van der Waals surface area contributed by atoms with Crippen molar-refractivity contribution in [3.63, 3.8) is 0 Å². The van der Waals surface area contributed by atoms with E-state index in [0.29, 0.717) is 4.90 Å². The maximum absolute atomic E-state index is 13.3. The molecule has 42 heavy (non-hydrogen) atoms. The molecule has 0 heterocycles. The molecule has 0 saturated heterocycles. The number of hydrogen-bond acceptors (Lipinski definition) is 5. The number of sulfonamides is 2. The number of hydrogen-bond donors (Lipinski definition) is 2. The molecule has 0 aromatic heterocycles. The fourth-order valence-corrected chi connectivity index (χ4v) is 5.72. The molecular formula is C21H27F12N3O4S2. The average molecular weight is 678 g/mol. The van der Waals surface area contributed by atoms with E-state index in [9.17, 15) is 69.5 Å². The largest absolute Gasteiger partial charge is 0.511 e. The molecule has 0 saturated carbocycles. The number of halogens is 12. The SMILES string of the molecule is CC(C)[C@H](CN(C[C@H](NS(=O)(=O)C(F)(F)F)C(C)C)CC(F)(F)F)NS(=O)(=O)c1cc(C(F)(F)F)cc(C(F)(F)F)c1. The van der Waals surface area contributed by atoms with Gasteiger partial charge in [0.25, 0.3) is 0 Å². The van der Waals surface area contributed by atoms with E-state index >= 15 is 0 Å². The third kappa shape index (κ3) is 11.3. The fourth-order valence-electron chi connectivity index (χ4n) is 3.40. The van der Waals surface area contributed by atoms with Crippen LogP contribution in [0.3, 0.4) is 0 Å². The van der Waals surface area contributed by atoms with Gasteiger partial charge in [0.1, 0.15) is 0 Å². The third-order valence-electron chi connectivity index (χ3n) is 5.71. The van der Waals surface area contributed by atoms with Crippen LogP contribution in [-0.4, -0.2) is 65.1 Å². The lowest BCUT2D eigenvalue weighted by molar-refractivity contribution is -0.148. The van der Waals surface area contributed by atoms with Crippen LogP contribution >= 0.6 is 0 Å². The number of alkyl halides is 12. The Balaban J connectivity index is 3.50. The van der Waals surface area contributed by atoms with Crippen molar-refractivity contribution in [2.75, 3.05) is 19.6 Å². The smallest absolute Gasteiger partial charge is 0.292 e. The molecule has 0 bridgehead atoms. The van der Waals surface area contributed by atoms with Crippen LogP contribution in [0.5, 0.6) is 0 Å². The van der Waals surface area contributed by atoms with Gasteiger partial charge in [-0.2, -0.15) is 52.7 Å². The van der Waals surface area contributed by atoms with Gasteiger partial charge >= 0.3 is 34.1 Å². The van der Waals surface area contributed by atoms with E-state index < -0.39 is 104 Å². The second-order valence-electron chi connectivity index (χ2n) is 9.94. The standard InChI is InChI=1S/C21H27F12N3O4S2/c1-11(2)16(34-41(37,38)15-6-13(19(25,26)27)5-14(7-15)20(28,29)30)8-36(10-18(22,23)24)9-17(12(3)4)35-42(39,40)21(31,32)33/h5-7,11-12,16-17,34-35H,8-10H2,1-4H3/t16-,17-/m0/s1. The maximum atomic E-state index is 13.3. The quantitative estimate of drug-likeness (QED) is 0.291. The van der Waals surface area contributed by atoms with E-state index in [1.165, 1.54) is 32.4 Å². The summed E-state index contributed by atoms with van der Waals surface area (Å²) in [6.45, 7) is 0.916. The van der Waals surface area contributed by atoms with E-state index in [1.54, 1.807) is 4.72 Å². The zero-order valence-corrected chi connectivity index (χ0v) is 23.7. The highest BCUT2D eigenvalue weighted by Gasteiger charge is 2.47. The molecule has 0 spiro atoms. The van der Waals surface area contributed by atoms with Crippen LogP contribution in [0.15, 0.2) is 23.1 Å². The molecule has 21 heteroatoms. The van der Waals surface area contributed by atoms with Crippen molar-refractivity contribution in [1.29, 1.82) is 0 Å². The van der Waals surface area contributed by atoms with E-state index in [1.807, 2.05) is 0 Å². The molecule has 246 valence electrons. The Morgan fingerprint density at radius 2 is 1.05 bits per heavy atom. The van der Waals surface area contributed by atoms with Gasteiger partial charge in [0.15, 0.2) is 0 Å². The van der Waals surface area contributed by atoms with Crippen LogP contribution in [0.1, 0.15) is 38.8 Å². The number of benzene rings is 1. The second-order valence-corrected chi connectivity index (χ2v) is 13.4. The van der Waals surface area contributed by atoms with Crippen molar-refractivity contribution < 1.29 is 69.5 Å². The number of nitrogens with one attached hydrogen (secondary N) is 2. The Kier molecular flexibility index (Phi) is 11.8. The molecule has 2 N–H and O–H groups in total. The lowest BCUT2D eigenvalue weighted by Crippen LogP contribution is -2.55. The first-order chi connectivity index (χ1) is 18.5. The highest BCUT2D eigenvalue weighted by molar-refractivity contribution is 7.90. The van der Waals surface area contributed by atoms with Gasteiger partial charge in [-0.25, -0.2) is 26.3 Å². The molecule has 0 aliphatic rings. The summed E-state index contributed by atoms with van der Waals surface area (Å²) in [5, 5.41) is 0. The molecule has 0 unspecified atom stereocenters. The predicted molar refractivity (Wildman–Crippen MR) is 125 cm³/mol. The van der Waals surface area contributed by atoms with Crippen molar-refractivity contribution in [3.05, 3.63) is 29.3 Å². The molecule has 0 radical (unpaired) electrons. The van der Waals surface area contributed by atoms with Crippen LogP contribution in [0.4, 0.5) is 52.7 Å². The van der Waals surface area contributed by atoms with E-state index in [4.69, 9.17) is 0 Å². The minimum atomic E-state index is -6.03. The molecule has 0 aliphatic carbocycles. The van der Waals surface area contributed by atoms with Gasteiger partial charge in [-0.3, -0.25) is 4.90 Å². The van der Waals surface area contributed by atoms with Gasteiger partial charge in [-0.1, -0.05) is 27.7 Å². The summed E-state index contributed by atoms with van der Waals surface area (Å²) in [7, 11) is -11.3. The predicted octanol–water partition coefficient (Wildman–Crippen LogP) is 5.36. The van der Waals surface area contributed by atoms with Crippen molar-refractivity contribution >= 4 is 20.0 Å². The van der Waals surface area contributed by atoms with Crippen LogP contribution in [-0.2, 0) is 32.4 Å². The topological polar surface area (TPSA) is 95.6 Å². The van der Waals surface area contributed by atoms with Crippen molar-refractivity contribution in [2.45, 2.75) is 68.7 Å². The summed E-state index contributed by atoms with van der Waals surface area (Å²) in [5.74, 6) is -2.01. The highest BCUT2D eigenvalue weighted by Crippen LogP contribution is 2.37. The molecule has 1 rings (SSSR count). The van der Waals surface area contributed by atoms with Crippen LogP contribution in [0, 0.1) is 11.8 Å². The first-order valence-electron chi connectivity index (χ1n) is 11.7. The molecular weight excluding hydrogens is 650 g/mol. The normalized spacial score (nSPS) is 16.0. The van der Waals surface area contributed by atoms with Crippen LogP contribution < -0.4 is 9.44 Å². The Bertz CT molecular complexity index is 1240. The van der Waals surface area contributed by atoms with Crippen molar-refractivity contribution in [2.24, 2.45) is 11.8 Å². The van der Waals surface area contributed by atoms with Gasteiger partial charge in [-0.05, 0) is 30.0 Å². The first kappa shape index (κ1) is 38.2. The van der Waals surface area contributed by atoms with E-state index in [-0.39, 0.29) is 18.2 Å². The van der Waals surface area contributed by atoms with Crippen LogP contribution in [0.2, 0.25) is 0 Å². The number of nitrogens with zero attached hydrogens (tertiary/aromatic N) is 1. The van der Waals surface area contributed by atoms with Crippen LogP contribution in [0.25, 0.3) is 0 Å². The summed E-state index contributed by atoms with van der Waals surface area (Å²) in [5.41, 5.74) is -9.77. The van der Waals surface area contributed by atoms with Crippen molar-refractivity contribution in [1.82, 2.24) is 14.3 Å². The van der Waals surface area contributed by atoms with Gasteiger partial charge in [-0.15, -0.1) is 0 Å². The Morgan fingerprint density at radius 3 is 1.36 bits per heavy atom. The van der Waals surface area contributed by atoms with Crippen molar-refractivity contribution in [3.8, 4) is 0 Å².